The lowest BCUT2D eigenvalue weighted by atomic mass is 10.0. The molecule has 0 bridgehead atoms. The fourth-order valence-electron chi connectivity index (χ4n) is 1.71. The van der Waals surface area contributed by atoms with Gasteiger partial charge in [0.25, 0.3) is 0 Å². The van der Waals surface area contributed by atoms with Crippen molar-refractivity contribution in [2.24, 2.45) is 0 Å². The van der Waals surface area contributed by atoms with Crippen molar-refractivity contribution in [1.82, 2.24) is 5.32 Å². The van der Waals surface area contributed by atoms with Crippen LogP contribution in [0.25, 0.3) is 0 Å². The second-order valence-electron chi connectivity index (χ2n) is 3.98. The number of esters is 1. The first-order valence-corrected chi connectivity index (χ1v) is 6.32. The number of ether oxygens (including phenoxy) is 1. The third-order valence-electron chi connectivity index (χ3n) is 2.71. The maximum Gasteiger partial charge on any atom is 0.327 e. The van der Waals surface area contributed by atoms with E-state index in [4.69, 9.17) is 4.74 Å². The van der Waals surface area contributed by atoms with Crippen LogP contribution >= 0.6 is 0 Å². The van der Waals surface area contributed by atoms with Gasteiger partial charge in [-0.1, -0.05) is 37.3 Å². The van der Waals surface area contributed by atoms with Crippen LogP contribution in [0.2, 0.25) is 0 Å². The van der Waals surface area contributed by atoms with E-state index in [0.717, 1.165) is 12.0 Å². The first-order chi connectivity index (χ1) is 8.72. The molecule has 1 aromatic carbocycles. The van der Waals surface area contributed by atoms with E-state index >= 15 is 0 Å². The fraction of sp³-hybridized carbons (Fsp3) is 0.400. The Balaban J connectivity index is 2.85. The van der Waals surface area contributed by atoms with Gasteiger partial charge >= 0.3 is 5.97 Å². The molecule has 18 heavy (non-hydrogen) atoms. The van der Waals surface area contributed by atoms with Gasteiger partial charge in [-0.25, -0.2) is 4.79 Å². The minimum atomic E-state index is -0.422. The molecule has 1 aromatic rings. The van der Waals surface area contributed by atoms with Gasteiger partial charge in [0, 0.05) is 6.54 Å². The molecule has 0 aromatic heterocycles. The zero-order chi connectivity index (χ0) is 13.4. The van der Waals surface area contributed by atoms with Crippen molar-refractivity contribution in [3.63, 3.8) is 0 Å². The van der Waals surface area contributed by atoms with E-state index in [1.165, 1.54) is 5.56 Å². The number of hydrogen-bond donors (Lipinski definition) is 1. The zero-order valence-corrected chi connectivity index (χ0v) is 11.1. The molecule has 0 aliphatic rings. The second kappa shape index (κ2) is 7.67. The van der Waals surface area contributed by atoms with Gasteiger partial charge in [-0.3, -0.25) is 5.32 Å². The Labute approximate surface area is 109 Å². The quantitative estimate of drug-likeness (QED) is 0.594. The molecule has 0 fully saturated rings. The van der Waals surface area contributed by atoms with Gasteiger partial charge in [0.05, 0.1) is 6.61 Å². The zero-order valence-electron chi connectivity index (χ0n) is 11.1. The number of carbonyl (C=O) groups excluding carboxylic acids is 1. The van der Waals surface area contributed by atoms with Gasteiger partial charge < -0.3 is 4.74 Å². The average molecular weight is 247 g/mol. The molecular formula is C15H21NO2. The summed E-state index contributed by atoms with van der Waals surface area (Å²) in [6, 6.07) is 7.59. The third-order valence-corrected chi connectivity index (χ3v) is 2.71. The Morgan fingerprint density at radius 1 is 1.39 bits per heavy atom. The van der Waals surface area contributed by atoms with E-state index in [9.17, 15) is 4.79 Å². The van der Waals surface area contributed by atoms with Crippen LogP contribution in [0.1, 0.15) is 31.0 Å². The molecule has 0 heterocycles. The summed E-state index contributed by atoms with van der Waals surface area (Å²) in [4.78, 5) is 11.9. The molecule has 3 heteroatoms. The molecular weight excluding hydrogens is 226 g/mol. The van der Waals surface area contributed by atoms with E-state index in [1.807, 2.05) is 31.2 Å². The smallest absolute Gasteiger partial charge is 0.327 e. The molecule has 0 amide bonds. The lowest BCUT2D eigenvalue weighted by Gasteiger charge is -2.17. The summed E-state index contributed by atoms with van der Waals surface area (Å²) in [6.07, 6.45) is 2.72. The first kappa shape index (κ1) is 14.5. The number of nitrogens with one attached hydrogen (secondary N) is 1. The van der Waals surface area contributed by atoms with Crippen molar-refractivity contribution in [3.05, 3.63) is 48.0 Å². The van der Waals surface area contributed by atoms with Crippen molar-refractivity contribution in [2.45, 2.75) is 26.3 Å². The molecule has 0 radical (unpaired) electrons. The molecule has 1 N–H and O–H groups in total. The van der Waals surface area contributed by atoms with Crippen molar-refractivity contribution in [1.29, 1.82) is 0 Å². The SMILES string of the molecule is C=CCNC(C(=O)OCC)c1ccc(CC)cc1. The van der Waals surface area contributed by atoms with Crippen LogP contribution in [-0.2, 0) is 16.0 Å². The Hall–Kier alpha value is -1.61. The van der Waals surface area contributed by atoms with Crippen molar-refractivity contribution in [3.8, 4) is 0 Å². The topological polar surface area (TPSA) is 38.3 Å². The summed E-state index contributed by atoms with van der Waals surface area (Å²) in [5, 5.41) is 3.12. The van der Waals surface area contributed by atoms with Crippen LogP contribution < -0.4 is 5.32 Å². The highest BCUT2D eigenvalue weighted by atomic mass is 16.5. The lowest BCUT2D eigenvalue weighted by Crippen LogP contribution is -2.30. The second-order valence-corrected chi connectivity index (χ2v) is 3.98. The first-order valence-electron chi connectivity index (χ1n) is 6.32. The number of aryl methyl sites for hydroxylation is 1. The highest BCUT2D eigenvalue weighted by Crippen LogP contribution is 2.16. The van der Waals surface area contributed by atoms with Crippen LogP contribution in [0.3, 0.4) is 0 Å². The Morgan fingerprint density at radius 3 is 2.56 bits per heavy atom. The molecule has 3 nitrogen and oxygen atoms in total. The minimum Gasteiger partial charge on any atom is -0.465 e. The Bertz CT molecular complexity index is 384. The maximum atomic E-state index is 11.9. The third kappa shape index (κ3) is 4.00. The molecule has 1 atom stereocenters. The highest BCUT2D eigenvalue weighted by molar-refractivity contribution is 5.77. The molecule has 98 valence electrons. The molecule has 0 aliphatic heterocycles. The summed E-state index contributed by atoms with van der Waals surface area (Å²) in [7, 11) is 0. The standard InChI is InChI=1S/C15H21NO2/c1-4-11-16-14(15(17)18-6-3)13-9-7-12(5-2)8-10-13/h4,7-10,14,16H,1,5-6,11H2,2-3H3. The van der Waals surface area contributed by atoms with Crippen molar-refractivity contribution >= 4 is 5.97 Å². The summed E-state index contributed by atoms with van der Waals surface area (Å²) in [6.45, 7) is 8.51. The van der Waals surface area contributed by atoms with Gasteiger partial charge in [0.15, 0.2) is 0 Å². The van der Waals surface area contributed by atoms with Gasteiger partial charge in [-0.2, -0.15) is 0 Å². The predicted octanol–water partition coefficient (Wildman–Crippen LogP) is 2.63. The molecule has 0 spiro atoms. The van der Waals surface area contributed by atoms with E-state index < -0.39 is 6.04 Å². The van der Waals surface area contributed by atoms with Gasteiger partial charge in [0.2, 0.25) is 0 Å². The summed E-state index contributed by atoms with van der Waals surface area (Å²) < 4.78 is 5.08. The van der Waals surface area contributed by atoms with Gasteiger partial charge in [0.1, 0.15) is 6.04 Å². The van der Waals surface area contributed by atoms with Crippen LogP contribution in [0.5, 0.6) is 0 Å². The highest BCUT2D eigenvalue weighted by Gasteiger charge is 2.20. The molecule has 0 aliphatic carbocycles. The van der Waals surface area contributed by atoms with Crippen LogP contribution in [0.4, 0.5) is 0 Å². The normalized spacial score (nSPS) is 11.9. The van der Waals surface area contributed by atoms with E-state index in [2.05, 4.69) is 18.8 Å². The fourth-order valence-corrected chi connectivity index (χ4v) is 1.71. The van der Waals surface area contributed by atoms with Crippen LogP contribution in [0.15, 0.2) is 36.9 Å². The molecule has 0 saturated carbocycles. The van der Waals surface area contributed by atoms with E-state index in [-0.39, 0.29) is 5.97 Å². The molecule has 1 rings (SSSR count). The largest absolute Gasteiger partial charge is 0.465 e. The Morgan fingerprint density at radius 2 is 2.06 bits per heavy atom. The maximum absolute atomic E-state index is 11.9. The van der Waals surface area contributed by atoms with Crippen LogP contribution in [0, 0.1) is 0 Å². The number of hydrogen-bond acceptors (Lipinski definition) is 3. The Kier molecular flexibility index (Phi) is 6.15. The monoisotopic (exact) mass is 247 g/mol. The average Bonchev–Trinajstić information content (AvgIpc) is 2.40. The van der Waals surface area contributed by atoms with E-state index in [0.29, 0.717) is 13.2 Å². The summed E-state index contributed by atoms with van der Waals surface area (Å²) in [5.74, 6) is -0.247. The van der Waals surface area contributed by atoms with Gasteiger partial charge in [-0.15, -0.1) is 6.58 Å². The molecule has 0 saturated heterocycles. The number of benzene rings is 1. The number of carbonyl (C=O) groups is 1. The van der Waals surface area contributed by atoms with E-state index in [1.54, 1.807) is 6.08 Å². The van der Waals surface area contributed by atoms with Crippen molar-refractivity contribution < 1.29 is 9.53 Å². The summed E-state index contributed by atoms with van der Waals surface area (Å²) in [5.41, 5.74) is 2.18. The predicted molar refractivity (Wildman–Crippen MR) is 73.4 cm³/mol. The lowest BCUT2D eigenvalue weighted by molar-refractivity contribution is -0.145. The minimum absolute atomic E-state index is 0.247. The number of rotatable bonds is 7. The molecule has 1 unspecified atom stereocenters. The van der Waals surface area contributed by atoms with Crippen molar-refractivity contribution in [2.75, 3.05) is 13.2 Å². The summed E-state index contributed by atoms with van der Waals surface area (Å²) >= 11 is 0. The van der Waals surface area contributed by atoms with Gasteiger partial charge in [-0.05, 0) is 24.5 Å². The van der Waals surface area contributed by atoms with Crippen LogP contribution in [-0.4, -0.2) is 19.1 Å².